The molecule has 22 heavy (non-hydrogen) atoms. The van der Waals surface area contributed by atoms with Crippen LogP contribution in [0, 0.1) is 0 Å². The molecule has 6 heteroatoms. The molecule has 1 aliphatic rings. The third-order valence-corrected chi connectivity index (χ3v) is 4.25. The van der Waals surface area contributed by atoms with E-state index in [9.17, 15) is 4.79 Å². The van der Waals surface area contributed by atoms with Crippen molar-refractivity contribution >= 4 is 23.2 Å². The molecule has 1 fully saturated rings. The Morgan fingerprint density at radius 3 is 2.64 bits per heavy atom. The molecule has 3 N–H and O–H groups in total. The smallest absolute Gasteiger partial charge is 0.236 e. The van der Waals surface area contributed by atoms with Crippen molar-refractivity contribution in [2.24, 2.45) is 5.73 Å². The number of rotatable bonds is 6. The summed E-state index contributed by atoms with van der Waals surface area (Å²) in [6.07, 6.45) is 0.949. The van der Waals surface area contributed by atoms with E-state index in [0.717, 1.165) is 49.9 Å². The number of para-hydroxylation sites is 1. The highest BCUT2D eigenvalue weighted by Crippen LogP contribution is 2.25. The van der Waals surface area contributed by atoms with Gasteiger partial charge in [-0.25, -0.2) is 0 Å². The van der Waals surface area contributed by atoms with E-state index in [2.05, 4.69) is 21.2 Å². The maximum atomic E-state index is 11.4. The quantitative estimate of drug-likeness (QED) is 0.775. The van der Waals surface area contributed by atoms with Gasteiger partial charge in [-0.2, -0.15) is 0 Å². The number of carbonyl (C=O) groups excluding carboxylic acids is 1. The van der Waals surface area contributed by atoms with Gasteiger partial charge in [0.2, 0.25) is 5.91 Å². The summed E-state index contributed by atoms with van der Waals surface area (Å²) in [5.74, 6) is -0.0801. The standard InChI is InChI=1S/C16H25ClN4O/c1-13(18)16(22)19-7-4-8-20-9-11-21(12-10-20)15-6-3-2-5-14(15)17/h2-3,5-6,13H,4,7-12,18H2,1H3,(H,19,22). The molecule has 122 valence electrons. The van der Waals surface area contributed by atoms with E-state index in [0.29, 0.717) is 6.54 Å². The molecule has 5 nitrogen and oxygen atoms in total. The first-order valence-corrected chi connectivity index (χ1v) is 8.21. The highest BCUT2D eigenvalue weighted by Gasteiger charge is 2.18. The minimum atomic E-state index is -0.431. The summed E-state index contributed by atoms with van der Waals surface area (Å²) in [5.41, 5.74) is 6.62. The van der Waals surface area contributed by atoms with Gasteiger partial charge in [0.05, 0.1) is 16.8 Å². The second-order valence-electron chi connectivity index (χ2n) is 5.71. The van der Waals surface area contributed by atoms with E-state index in [1.165, 1.54) is 0 Å². The number of nitrogens with zero attached hydrogens (tertiary/aromatic N) is 2. The second kappa shape index (κ2) is 8.36. The van der Waals surface area contributed by atoms with Crippen molar-refractivity contribution in [3.05, 3.63) is 29.3 Å². The van der Waals surface area contributed by atoms with Gasteiger partial charge in [-0.3, -0.25) is 9.69 Å². The summed E-state index contributed by atoms with van der Waals surface area (Å²) < 4.78 is 0. The van der Waals surface area contributed by atoms with Crippen molar-refractivity contribution in [1.29, 1.82) is 0 Å². The number of halogens is 1. The zero-order valence-electron chi connectivity index (χ0n) is 13.1. The fourth-order valence-corrected chi connectivity index (χ4v) is 2.85. The van der Waals surface area contributed by atoms with Crippen LogP contribution >= 0.6 is 11.6 Å². The number of piperazine rings is 1. The molecule has 1 saturated heterocycles. The van der Waals surface area contributed by atoms with Crippen LogP contribution in [-0.2, 0) is 4.79 Å². The SMILES string of the molecule is CC(N)C(=O)NCCCN1CCN(c2ccccc2Cl)CC1. The van der Waals surface area contributed by atoms with E-state index in [1.54, 1.807) is 6.92 Å². The van der Waals surface area contributed by atoms with Crippen molar-refractivity contribution in [1.82, 2.24) is 10.2 Å². The molecule has 2 rings (SSSR count). The zero-order valence-corrected chi connectivity index (χ0v) is 13.9. The van der Waals surface area contributed by atoms with E-state index in [-0.39, 0.29) is 5.91 Å². The van der Waals surface area contributed by atoms with Gasteiger partial charge in [0, 0.05) is 32.7 Å². The van der Waals surface area contributed by atoms with Crippen LogP contribution in [0.15, 0.2) is 24.3 Å². The molecular formula is C16H25ClN4O. The van der Waals surface area contributed by atoms with Gasteiger partial charge >= 0.3 is 0 Å². The first-order valence-electron chi connectivity index (χ1n) is 7.83. The first-order chi connectivity index (χ1) is 10.6. The highest BCUT2D eigenvalue weighted by molar-refractivity contribution is 6.33. The van der Waals surface area contributed by atoms with Gasteiger partial charge in [0.25, 0.3) is 0 Å². The van der Waals surface area contributed by atoms with Crippen LogP contribution in [0.5, 0.6) is 0 Å². The van der Waals surface area contributed by atoms with Crippen LogP contribution < -0.4 is 16.0 Å². The number of carbonyl (C=O) groups is 1. The summed E-state index contributed by atoms with van der Waals surface area (Å²) >= 11 is 6.25. The summed E-state index contributed by atoms with van der Waals surface area (Å²) in [7, 11) is 0. The molecule has 1 aliphatic heterocycles. The molecule has 0 bridgehead atoms. The molecule has 0 aromatic heterocycles. The average molecular weight is 325 g/mol. The Labute approximate surface area is 137 Å². The predicted octanol–water partition coefficient (Wildman–Crippen LogP) is 1.32. The van der Waals surface area contributed by atoms with E-state index in [1.807, 2.05) is 18.2 Å². The van der Waals surface area contributed by atoms with Crippen LogP contribution in [0.4, 0.5) is 5.69 Å². The summed E-state index contributed by atoms with van der Waals surface area (Å²) in [4.78, 5) is 16.1. The van der Waals surface area contributed by atoms with Crippen molar-refractivity contribution in [2.75, 3.05) is 44.2 Å². The van der Waals surface area contributed by atoms with Crippen LogP contribution in [0.2, 0.25) is 5.02 Å². The topological polar surface area (TPSA) is 61.6 Å². The molecule has 1 unspecified atom stereocenters. The predicted molar refractivity (Wildman–Crippen MR) is 91.4 cm³/mol. The molecule has 1 atom stereocenters. The molecule has 1 amide bonds. The Balaban J connectivity index is 1.67. The Hall–Kier alpha value is -1.30. The number of amides is 1. The molecule has 1 heterocycles. The van der Waals surface area contributed by atoms with Gasteiger partial charge < -0.3 is 16.0 Å². The number of nitrogens with two attached hydrogens (primary N) is 1. The number of hydrogen-bond donors (Lipinski definition) is 2. The lowest BCUT2D eigenvalue weighted by atomic mass is 10.2. The van der Waals surface area contributed by atoms with Gasteiger partial charge in [-0.1, -0.05) is 23.7 Å². The maximum Gasteiger partial charge on any atom is 0.236 e. The third kappa shape index (κ3) is 4.87. The fourth-order valence-electron chi connectivity index (χ4n) is 2.60. The monoisotopic (exact) mass is 324 g/mol. The summed E-state index contributed by atoms with van der Waals surface area (Å²) in [6, 6.07) is 7.55. The number of anilines is 1. The van der Waals surface area contributed by atoms with Crippen LogP contribution in [0.25, 0.3) is 0 Å². The minimum absolute atomic E-state index is 0.0801. The Kier molecular flexibility index (Phi) is 6.49. The second-order valence-corrected chi connectivity index (χ2v) is 6.12. The van der Waals surface area contributed by atoms with Crippen molar-refractivity contribution in [2.45, 2.75) is 19.4 Å². The molecule has 0 radical (unpaired) electrons. The van der Waals surface area contributed by atoms with Gasteiger partial charge in [-0.15, -0.1) is 0 Å². The van der Waals surface area contributed by atoms with Crippen LogP contribution in [-0.4, -0.2) is 56.1 Å². The van der Waals surface area contributed by atoms with Crippen molar-refractivity contribution < 1.29 is 4.79 Å². The molecule has 0 aliphatic carbocycles. The molecule has 0 saturated carbocycles. The van der Waals surface area contributed by atoms with Crippen LogP contribution in [0.1, 0.15) is 13.3 Å². The lowest BCUT2D eigenvalue weighted by molar-refractivity contribution is -0.121. The molecule has 0 spiro atoms. The normalized spacial score (nSPS) is 17.3. The van der Waals surface area contributed by atoms with Gasteiger partial charge in [-0.05, 0) is 32.0 Å². The van der Waals surface area contributed by atoms with Crippen LogP contribution in [0.3, 0.4) is 0 Å². The van der Waals surface area contributed by atoms with E-state index in [4.69, 9.17) is 17.3 Å². The Morgan fingerprint density at radius 1 is 1.32 bits per heavy atom. The zero-order chi connectivity index (χ0) is 15.9. The third-order valence-electron chi connectivity index (χ3n) is 3.93. The number of hydrogen-bond acceptors (Lipinski definition) is 4. The van der Waals surface area contributed by atoms with Gasteiger partial charge in [0.1, 0.15) is 0 Å². The van der Waals surface area contributed by atoms with E-state index < -0.39 is 6.04 Å². The minimum Gasteiger partial charge on any atom is -0.368 e. The number of nitrogens with one attached hydrogen (secondary N) is 1. The van der Waals surface area contributed by atoms with Gasteiger partial charge in [0.15, 0.2) is 0 Å². The summed E-state index contributed by atoms with van der Waals surface area (Å²) in [6.45, 7) is 7.38. The molecule has 1 aromatic carbocycles. The summed E-state index contributed by atoms with van der Waals surface area (Å²) in [5, 5.41) is 3.66. The maximum absolute atomic E-state index is 11.4. The highest BCUT2D eigenvalue weighted by atomic mass is 35.5. The first kappa shape index (κ1) is 17.1. The fraction of sp³-hybridized carbons (Fsp3) is 0.562. The largest absolute Gasteiger partial charge is 0.368 e. The van der Waals surface area contributed by atoms with Crippen molar-refractivity contribution in [3.8, 4) is 0 Å². The Morgan fingerprint density at radius 2 is 2.00 bits per heavy atom. The van der Waals surface area contributed by atoms with E-state index >= 15 is 0 Å². The molecular weight excluding hydrogens is 300 g/mol. The number of benzene rings is 1. The molecule has 1 aromatic rings. The Bertz CT molecular complexity index is 487. The average Bonchev–Trinajstić information content (AvgIpc) is 2.52. The van der Waals surface area contributed by atoms with Crippen molar-refractivity contribution in [3.63, 3.8) is 0 Å². The lowest BCUT2D eigenvalue weighted by Crippen LogP contribution is -2.47. The lowest BCUT2D eigenvalue weighted by Gasteiger charge is -2.36.